The van der Waals surface area contributed by atoms with Crippen LogP contribution in [0.5, 0.6) is 0 Å². The fraction of sp³-hybridized carbons (Fsp3) is 0.200. The minimum Gasteiger partial charge on any atom is -0.259 e. The number of benzene rings is 1. The predicted octanol–water partition coefficient (Wildman–Crippen LogP) is 2.77. The number of tetrazole rings is 1. The molecule has 3 heterocycles. The molecule has 0 N–H and O–H groups in total. The Hall–Kier alpha value is -2.33. The third-order valence-corrected chi connectivity index (χ3v) is 5.05. The zero-order chi connectivity index (χ0) is 17.4. The Kier molecular flexibility index (Phi) is 4.22. The smallest absolute Gasteiger partial charge is 0.256 e. The van der Waals surface area contributed by atoms with E-state index >= 15 is 0 Å². The molecule has 0 atom stereocenters. The van der Waals surface area contributed by atoms with Crippen molar-refractivity contribution < 1.29 is 0 Å². The van der Waals surface area contributed by atoms with Gasteiger partial charge in [0.05, 0.1) is 11.4 Å². The summed E-state index contributed by atoms with van der Waals surface area (Å²) in [5.41, 5.74) is 2.87. The van der Waals surface area contributed by atoms with Gasteiger partial charge >= 0.3 is 0 Å². The van der Waals surface area contributed by atoms with Gasteiger partial charge in [-0.25, -0.2) is 4.98 Å². The van der Waals surface area contributed by atoms with Gasteiger partial charge in [0.25, 0.3) is 5.78 Å². The molecule has 0 spiro atoms. The van der Waals surface area contributed by atoms with Crippen LogP contribution in [-0.2, 0) is 5.75 Å². The first kappa shape index (κ1) is 16.2. The van der Waals surface area contributed by atoms with Gasteiger partial charge < -0.3 is 0 Å². The number of rotatable bonds is 4. The van der Waals surface area contributed by atoms with Crippen LogP contribution in [0.2, 0.25) is 0 Å². The van der Waals surface area contributed by atoms with E-state index in [0.29, 0.717) is 11.5 Å². The van der Waals surface area contributed by atoms with Crippen molar-refractivity contribution in [2.24, 2.45) is 0 Å². The summed E-state index contributed by atoms with van der Waals surface area (Å²) < 4.78 is 4.66. The Morgan fingerprint density at radius 2 is 1.88 bits per heavy atom. The van der Waals surface area contributed by atoms with Gasteiger partial charge in [0.2, 0.25) is 0 Å². The SMILES string of the molecule is Cc1cc(C)n2c(SCc3nnnn3-c3ccc(Br)cc3)nnc2n1. The topological polar surface area (TPSA) is 86.7 Å². The predicted molar refractivity (Wildman–Crippen MR) is 96.7 cm³/mol. The fourth-order valence-corrected chi connectivity index (χ4v) is 3.66. The first-order chi connectivity index (χ1) is 12.1. The second-order valence-corrected chi connectivity index (χ2v) is 7.29. The Labute approximate surface area is 155 Å². The van der Waals surface area contributed by atoms with Gasteiger partial charge in [-0.15, -0.1) is 15.3 Å². The molecule has 0 amide bonds. The number of aromatic nitrogens is 8. The van der Waals surface area contributed by atoms with Crippen molar-refractivity contribution in [1.82, 2.24) is 39.8 Å². The summed E-state index contributed by atoms with van der Waals surface area (Å²) >= 11 is 4.95. The quantitative estimate of drug-likeness (QED) is 0.472. The molecule has 0 saturated carbocycles. The van der Waals surface area contributed by atoms with E-state index in [-0.39, 0.29) is 0 Å². The van der Waals surface area contributed by atoms with Crippen LogP contribution in [-0.4, -0.2) is 39.8 Å². The Morgan fingerprint density at radius 3 is 2.68 bits per heavy atom. The number of hydrogen-bond acceptors (Lipinski definition) is 7. The molecule has 126 valence electrons. The van der Waals surface area contributed by atoms with E-state index in [9.17, 15) is 0 Å². The molecule has 4 rings (SSSR count). The lowest BCUT2D eigenvalue weighted by Gasteiger charge is -2.05. The van der Waals surface area contributed by atoms with E-state index in [1.807, 2.05) is 48.6 Å². The largest absolute Gasteiger partial charge is 0.259 e. The van der Waals surface area contributed by atoms with Crippen LogP contribution >= 0.6 is 27.7 Å². The lowest BCUT2D eigenvalue weighted by molar-refractivity contribution is 0.777. The molecule has 10 heteroatoms. The van der Waals surface area contributed by atoms with Gasteiger partial charge in [-0.05, 0) is 54.6 Å². The monoisotopic (exact) mass is 416 g/mol. The normalized spacial score (nSPS) is 11.3. The lowest BCUT2D eigenvalue weighted by Crippen LogP contribution is -2.03. The summed E-state index contributed by atoms with van der Waals surface area (Å²) in [7, 11) is 0. The van der Waals surface area contributed by atoms with Crippen molar-refractivity contribution >= 4 is 33.5 Å². The zero-order valence-electron chi connectivity index (χ0n) is 13.5. The third kappa shape index (κ3) is 3.14. The van der Waals surface area contributed by atoms with Gasteiger partial charge in [0, 0.05) is 15.9 Å². The molecule has 1 aromatic carbocycles. The highest BCUT2D eigenvalue weighted by Gasteiger charge is 2.14. The Balaban J connectivity index is 1.61. The molecule has 0 saturated heterocycles. The molecule has 0 fully saturated rings. The summed E-state index contributed by atoms with van der Waals surface area (Å²) in [5, 5.41) is 21.2. The summed E-state index contributed by atoms with van der Waals surface area (Å²) in [6.07, 6.45) is 0. The van der Waals surface area contributed by atoms with Gasteiger partial charge in [-0.1, -0.05) is 27.7 Å². The average molecular weight is 417 g/mol. The third-order valence-electron chi connectivity index (χ3n) is 3.60. The molecule has 3 aromatic heterocycles. The molecule has 0 radical (unpaired) electrons. The molecule has 25 heavy (non-hydrogen) atoms. The number of nitrogens with zero attached hydrogens (tertiary/aromatic N) is 8. The van der Waals surface area contributed by atoms with Crippen molar-refractivity contribution in [3.63, 3.8) is 0 Å². The average Bonchev–Trinajstić information content (AvgIpc) is 3.20. The molecule has 0 aliphatic carbocycles. The molecule has 4 aromatic rings. The molecule has 0 aliphatic heterocycles. The first-order valence-corrected chi connectivity index (χ1v) is 9.25. The van der Waals surface area contributed by atoms with Crippen LogP contribution in [0.25, 0.3) is 11.5 Å². The maximum Gasteiger partial charge on any atom is 0.256 e. The standard InChI is InChI=1S/C15H13BrN8S/c1-9-7-10(2)23-14(17-9)19-20-15(23)25-8-13-18-21-22-24(13)12-5-3-11(16)4-6-12/h3-7H,8H2,1-2H3. The van der Waals surface area contributed by atoms with Crippen LogP contribution in [0.1, 0.15) is 17.2 Å². The van der Waals surface area contributed by atoms with Gasteiger partial charge in [-0.3, -0.25) is 4.40 Å². The van der Waals surface area contributed by atoms with Gasteiger partial charge in [0.15, 0.2) is 11.0 Å². The van der Waals surface area contributed by atoms with Gasteiger partial charge in [-0.2, -0.15) is 4.68 Å². The Bertz CT molecular complexity index is 1040. The number of fused-ring (bicyclic) bond motifs is 1. The van der Waals surface area contributed by atoms with E-state index < -0.39 is 0 Å². The highest BCUT2D eigenvalue weighted by Crippen LogP contribution is 2.23. The summed E-state index contributed by atoms with van der Waals surface area (Å²) in [6, 6.07) is 9.83. The van der Waals surface area contributed by atoms with Crippen molar-refractivity contribution in [2.45, 2.75) is 24.8 Å². The first-order valence-electron chi connectivity index (χ1n) is 7.47. The number of thioether (sulfide) groups is 1. The van der Waals surface area contributed by atoms with Crippen LogP contribution in [0.15, 0.2) is 40.0 Å². The second-order valence-electron chi connectivity index (χ2n) is 5.43. The molecule has 0 aliphatic rings. The van der Waals surface area contributed by atoms with E-state index in [1.54, 1.807) is 4.68 Å². The van der Waals surface area contributed by atoms with Crippen molar-refractivity contribution in [2.75, 3.05) is 0 Å². The minimum absolute atomic E-state index is 0.567. The molecule has 8 nitrogen and oxygen atoms in total. The number of aryl methyl sites for hydroxylation is 2. The molecular formula is C15H13BrN8S. The van der Waals surface area contributed by atoms with E-state index in [0.717, 1.165) is 32.5 Å². The maximum absolute atomic E-state index is 4.40. The van der Waals surface area contributed by atoms with E-state index in [4.69, 9.17) is 0 Å². The van der Waals surface area contributed by atoms with Crippen LogP contribution in [0.4, 0.5) is 0 Å². The maximum atomic E-state index is 4.40. The summed E-state index contributed by atoms with van der Waals surface area (Å²) in [4.78, 5) is 4.40. The zero-order valence-corrected chi connectivity index (χ0v) is 15.9. The van der Waals surface area contributed by atoms with Crippen LogP contribution in [0, 0.1) is 13.8 Å². The highest BCUT2D eigenvalue weighted by molar-refractivity contribution is 9.10. The second kappa shape index (κ2) is 6.52. The van der Waals surface area contributed by atoms with Crippen molar-refractivity contribution in [3.8, 4) is 5.69 Å². The lowest BCUT2D eigenvalue weighted by atomic mass is 10.3. The van der Waals surface area contributed by atoms with Crippen LogP contribution < -0.4 is 0 Å². The van der Waals surface area contributed by atoms with Gasteiger partial charge in [0.1, 0.15) is 0 Å². The van der Waals surface area contributed by atoms with Crippen molar-refractivity contribution in [1.29, 1.82) is 0 Å². The molecule has 0 unspecified atom stereocenters. The van der Waals surface area contributed by atoms with E-state index in [2.05, 4.69) is 46.6 Å². The number of hydrogen-bond donors (Lipinski definition) is 0. The number of halogens is 1. The fourth-order valence-electron chi connectivity index (χ4n) is 2.50. The minimum atomic E-state index is 0.567. The summed E-state index contributed by atoms with van der Waals surface area (Å²) in [5.74, 6) is 1.91. The summed E-state index contributed by atoms with van der Waals surface area (Å²) in [6.45, 7) is 3.96. The highest BCUT2D eigenvalue weighted by atomic mass is 79.9. The van der Waals surface area contributed by atoms with Crippen LogP contribution in [0.3, 0.4) is 0 Å². The van der Waals surface area contributed by atoms with Crippen molar-refractivity contribution in [3.05, 3.63) is 52.0 Å². The van der Waals surface area contributed by atoms with E-state index in [1.165, 1.54) is 11.8 Å². The molecular weight excluding hydrogens is 404 g/mol. The molecule has 0 bridgehead atoms. The Morgan fingerprint density at radius 1 is 1.08 bits per heavy atom.